The number of esters is 1. The maximum atomic E-state index is 11.2. The lowest BCUT2D eigenvalue weighted by molar-refractivity contribution is -0.137. The Morgan fingerprint density at radius 3 is 2.44 bits per heavy atom. The summed E-state index contributed by atoms with van der Waals surface area (Å²) < 4.78 is 4.66. The highest BCUT2D eigenvalue weighted by Gasteiger charge is 2.11. The molecule has 0 aromatic rings. The van der Waals surface area contributed by atoms with Crippen LogP contribution in [0.4, 0.5) is 0 Å². The third kappa shape index (κ3) is 5.11. The summed E-state index contributed by atoms with van der Waals surface area (Å²) in [6, 6.07) is 0. The third-order valence-electron chi connectivity index (χ3n) is 1.60. The second-order valence-corrected chi connectivity index (χ2v) is 2.86. The fraction of sp³-hybridized carbons (Fsp3) is 0.273. The van der Waals surface area contributed by atoms with Gasteiger partial charge in [0.05, 0.1) is 5.57 Å². The maximum Gasteiger partial charge on any atom is 0.337 e. The van der Waals surface area contributed by atoms with Crippen LogP contribution >= 0.6 is 0 Å². The molecule has 0 unspecified atom stereocenters. The Kier molecular flexibility index (Phi) is 6.55. The van der Waals surface area contributed by atoms with Gasteiger partial charge < -0.3 is 14.9 Å². The molecule has 0 heterocycles. The van der Waals surface area contributed by atoms with Crippen LogP contribution in [0.5, 0.6) is 0 Å². The zero-order valence-corrected chi connectivity index (χ0v) is 8.81. The summed E-state index contributed by atoms with van der Waals surface area (Å²) in [5.41, 5.74) is -0.171. The predicted octanol–water partition coefficient (Wildman–Crippen LogP) is 0.665. The van der Waals surface area contributed by atoms with Crippen molar-refractivity contribution in [3.8, 4) is 0 Å². The molecular weight excluding hydrogens is 212 g/mol. The molecule has 0 saturated carbocycles. The van der Waals surface area contributed by atoms with Crippen LogP contribution in [0, 0.1) is 0 Å². The van der Waals surface area contributed by atoms with Gasteiger partial charge in [0.2, 0.25) is 0 Å². The molecule has 0 aromatic heterocycles. The molecular formula is C11H14O5. The smallest absolute Gasteiger partial charge is 0.337 e. The molecule has 0 rings (SSSR count). The number of carboxylic acid groups (broad SMARTS) is 1. The molecule has 5 heteroatoms. The van der Waals surface area contributed by atoms with Gasteiger partial charge in [-0.1, -0.05) is 19.2 Å². The van der Waals surface area contributed by atoms with E-state index in [-0.39, 0.29) is 30.8 Å². The number of aliphatic hydroxyl groups is 1. The van der Waals surface area contributed by atoms with Crippen LogP contribution in [-0.2, 0) is 14.3 Å². The van der Waals surface area contributed by atoms with E-state index >= 15 is 0 Å². The lowest BCUT2D eigenvalue weighted by Crippen LogP contribution is -2.09. The lowest BCUT2D eigenvalue weighted by Gasteiger charge is -2.03. The molecule has 0 atom stereocenters. The van der Waals surface area contributed by atoms with Crippen molar-refractivity contribution in [3.05, 3.63) is 36.5 Å². The quantitative estimate of drug-likeness (QED) is 0.288. The number of hydrogen-bond acceptors (Lipinski definition) is 4. The molecule has 0 radical (unpaired) electrons. The first-order chi connectivity index (χ1) is 7.52. The van der Waals surface area contributed by atoms with Crippen molar-refractivity contribution in [1.82, 2.24) is 0 Å². The summed E-state index contributed by atoms with van der Waals surface area (Å²) in [6.07, 6.45) is 2.42. The molecule has 0 fully saturated rings. The Bertz CT molecular complexity index is 327. The van der Waals surface area contributed by atoms with Crippen LogP contribution in [0.25, 0.3) is 0 Å². The van der Waals surface area contributed by atoms with Crippen molar-refractivity contribution in [2.75, 3.05) is 13.2 Å². The number of rotatable bonds is 7. The van der Waals surface area contributed by atoms with Gasteiger partial charge in [-0.2, -0.15) is 0 Å². The van der Waals surface area contributed by atoms with Crippen LogP contribution in [-0.4, -0.2) is 35.4 Å². The molecule has 88 valence electrons. The number of carbonyl (C=O) groups excluding carboxylic acids is 1. The first kappa shape index (κ1) is 14.1. The Balaban J connectivity index is 4.57. The van der Waals surface area contributed by atoms with Crippen LogP contribution in [0.2, 0.25) is 0 Å². The number of hydrogen-bond donors (Lipinski definition) is 2. The molecule has 5 nitrogen and oxygen atoms in total. The van der Waals surface area contributed by atoms with Gasteiger partial charge in [-0.15, -0.1) is 0 Å². The first-order valence-corrected chi connectivity index (χ1v) is 4.54. The van der Waals surface area contributed by atoms with Crippen molar-refractivity contribution < 1.29 is 24.5 Å². The van der Waals surface area contributed by atoms with E-state index in [1.54, 1.807) is 0 Å². The topological polar surface area (TPSA) is 83.8 Å². The zero-order chi connectivity index (χ0) is 12.6. The lowest BCUT2D eigenvalue weighted by atomic mass is 10.1. The third-order valence-corrected chi connectivity index (χ3v) is 1.60. The molecule has 0 spiro atoms. The number of aliphatic hydroxyl groups excluding tert-OH is 1. The second kappa shape index (κ2) is 7.42. The minimum Gasteiger partial charge on any atom is -0.478 e. The van der Waals surface area contributed by atoms with Crippen molar-refractivity contribution in [2.45, 2.75) is 6.42 Å². The van der Waals surface area contributed by atoms with Gasteiger partial charge in [-0.05, 0) is 6.08 Å². The first-order valence-electron chi connectivity index (χ1n) is 4.54. The Labute approximate surface area is 93.3 Å². The SMILES string of the molecule is C=CCOC(=O)C(=C)C=C(CCO)C(=O)O. The van der Waals surface area contributed by atoms with E-state index in [2.05, 4.69) is 17.9 Å². The van der Waals surface area contributed by atoms with Gasteiger partial charge in [0, 0.05) is 18.6 Å². The van der Waals surface area contributed by atoms with E-state index in [0.717, 1.165) is 6.08 Å². The molecule has 16 heavy (non-hydrogen) atoms. The van der Waals surface area contributed by atoms with Crippen LogP contribution < -0.4 is 0 Å². The Morgan fingerprint density at radius 1 is 1.38 bits per heavy atom. The van der Waals surface area contributed by atoms with Crippen molar-refractivity contribution >= 4 is 11.9 Å². The minimum atomic E-state index is -1.20. The van der Waals surface area contributed by atoms with E-state index in [4.69, 9.17) is 10.2 Å². The highest BCUT2D eigenvalue weighted by atomic mass is 16.5. The molecule has 2 N–H and O–H groups in total. The zero-order valence-electron chi connectivity index (χ0n) is 8.81. The highest BCUT2D eigenvalue weighted by molar-refractivity contribution is 5.95. The van der Waals surface area contributed by atoms with Crippen LogP contribution in [0.1, 0.15) is 6.42 Å². The average Bonchev–Trinajstić information content (AvgIpc) is 2.24. The van der Waals surface area contributed by atoms with E-state index < -0.39 is 11.9 Å². The summed E-state index contributed by atoms with van der Waals surface area (Å²) in [6.45, 7) is 6.47. The fourth-order valence-corrected chi connectivity index (χ4v) is 0.858. The van der Waals surface area contributed by atoms with Crippen molar-refractivity contribution in [1.29, 1.82) is 0 Å². The molecule has 0 aromatic carbocycles. The standard InChI is InChI=1S/C11H14O5/c1-3-6-16-11(15)8(2)7-9(4-5-12)10(13)14/h3,7,12H,1-2,4-6H2,(H,13,14). The van der Waals surface area contributed by atoms with E-state index in [0.29, 0.717) is 0 Å². The molecule has 0 saturated heterocycles. The van der Waals surface area contributed by atoms with Crippen molar-refractivity contribution in [2.24, 2.45) is 0 Å². The molecule has 0 aliphatic rings. The van der Waals surface area contributed by atoms with Gasteiger partial charge in [-0.3, -0.25) is 0 Å². The van der Waals surface area contributed by atoms with Gasteiger partial charge in [0.1, 0.15) is 6.61 Å². The van der Waals surface area contributed by atoms with Gasteiger partial charge in [-0.25, -0.2) is 9.59 Å². The van der Waals surface area contributed by atoms with Crippen LogP contribution in [0.3, 0.4) is 0 Å². The number of carbonyl (C=O) groups is 2. The van der Waals surface area contributed by atoms with Gasteiger partial charge in [0.25, 0.3) is 0 Å². The second-order valence-electron chi connectivity index (χ2n) is 2.86. The summed E-state index contributed by atoms with van der Waals surface area (Å²) in [5, 5.41) is 17.3. The number of aliphatic carboxylic acids is 1. The predicted molar refractivity (Wildman–Crippen MR) is 57.7 cm³/mol. The Morgan fingerprint density at radius 2 is 2.00 bits per heavy atom. The fourth-order valence-electron chi connectivity index (χ4n) is 0.858. The minimum absolute atomic E-state index is 0.0358. The van der Waals surface area contributed by atoms with Crippen molar-refractivity contribution in [3.63, 3.8) is 0 Å². The number of carboxylic acids is 1. The van der Waals surface area contributed by atoms with Gasteiger partial charge >= 0.3 is 11.9 Å². The average molecular weight is 226 g/mol. The van der Waals surface area contributed by atoms with E-state index in [9.17, 15) is 9.59 Å². The Hall–Kier alpha value is -1.88. The van der Waals surface area contributed by atoms with E-state index in [1.165, 1.54) is 6.08 Å². The van der Waals surface area contributed by atoms with E-state index in [1.807, 2.05) is 0 Å². The number of ether oxygens (including phenoxy) is 1. The molecule has 0 aliphatic heterocycles. The van der Waals surface area contributed by atoms with Crippen LogP contribution in [0.15, 0.2) is 36.5 Å². The summed E-state index contributed by atoms with van der Waals surface area (Å²) in [4.78, 5) is 21.9. The monoisotopic (exact) mass is 226 g/mol. The molecule has 0 bridgehead atoms. The largest absolute Gasteiger partial charge is 0.478 e. The van der Waals surface area contributed by atoms with Gasteiger partial charge in [0.15, 0.2) is 0 Å². The molecule has 0 aliphatic carbocycles. The summed E-state index contributed by atoms with van der Waals surface area (Å²) in [7, 11) is 0. The summed E-state index contributed by atoms with van der Waals surface area (Å²) >= 11 is 0. The summed E-state index contributed by atoms with van der Waals surface area (Å²) in [5.74, 6) is -1.91. The highest BCUT2D eigenvalue weighted by Crippen LogP contribution is 2.07. The molecule has 0 amide bonds. The maximum absolute atomic E-state index is 11.2. The normalized spacial score (nSPS) is 10.7.